The summed E-state index contributed by atoms with van der Waals surface area (Å²) in [6.07, 6.45) is 0. The fourth-order valence-electron chi connectivity index (χ4n) is 3.19. The van der Waals surface area contributed by atoms with Crippen LogP contribution in [0.3, 0.4) is 0 Å². The van der Waals surface area contributed by atoms with Crippen molar-refractivity contribution in [3.8, 4) is 11.3 Å². The third-order valence-electron chi connectivity index (χ3n) is 4.66. The number of rotatable bonds is 4. The van der Waals surface area contributed by atoms with Crippen molar-refractivity contribution in [1.29, 1.82) is 0 Å². The average Bonchev–Trinajstić information content (AvgIpc) is 3.32. The number of hydrogen-bond acceptors (Lipinski definition) is 5. The van der Waals surface area contributed by atoms with Gasteiger partial charge in [0.25, 0.3) is 5.91 Å². The maximum Gasteiger partial charge on any atom is 0.271 e. The van der Waals surface area contributed by atoms with Crippen molar-refractivity contribution in [2.24, 2.45) is 0 Å². The van der Waals surface area contributed by atoms with E-state index in [1.54, 1.807) is 17.4 Å². The van der Waals surface area contributed by atoms with E-state index in [9.17, 15) is 4.79 Å². The van der Waals surface area contributed by atoms with Gasteiger partial charge in [-0.1, -0.05) is 23.7 Å². The Morgan fingerprint density at radius 2 is 1.96 bits per heavy atom. The molecule has 1 aromatic carbocycles. The number of aromatic nitrogens is 3. The summed E-state index contributed by atoms with van der Waals surface area (Å²) in [6, 6.07) is 9.22. The van der Waals surface area contributed by atoms with Crippen LogP contribution in [0.2, 0.25) is 5.02 Å². The van der Waals surface area contributed by atoms with Crippen molar-refractivity contribution >= 4 is 28.8 Å². The maximum atomic E-state index is 12.8. The number of thiazole rings is 1. The van der Waals surface area contributed by atoms with E-state index < -0.39 is 0 Å². The molecule has 3 heterocycles. The average molecular weight is 402 g/mol. The van der Waals surface area contributed by atoms with E-state index in [1.165, 1.54) is 0 Å². The van der Waals surface area contributed by atoms with E-state index in [0.717, 1.165) is 41.6 Å². The quantitative estimate of drug-likeness (QED) is 0.727. The first-order chi connectivity index (χ1) is 13.1. The standard InChI is InChI=1S/C19H20ClN5OS/c1-13-21-16(12-27-13)11-24-6-8-25(9-7-24)19(26)18-10-17(22-23-18)14-2-4-15(20)5-3-14/h2-5,10,12H,6-9,11H2,1H3,(H,22,23). The number of benzene rings is 1. The number of H-pyrrole nitrogens is 1. The van der Waals surface area contributed by atoms with Gasteiger partial charge in [-0.15, -0.1) is 11.3 Å². The lowest BCUT2D eigenvalue weighted by atomic mass is 10.1. The number of nitrogens with zero attached hydrogens (tertiary/aromatic N) is 4. The second kappa shape index (κ2) is 7.80. The summed E-state index contributed by atoms with van der Waals surface area (Å²) in [7, 11) is 0. The number of aromatic amines is 1. The molecule has 0 atom stereocenters. The normalized spacial score (nSPS) is 15.3. The highest BCUT2D eigenvalue weighted by Gasteiger charge is 2.24. The van der Waals surface area contributed by atoms with Crippen molar-refractivity contribution in [3.05, 3.63) is 57.1 Å². The monoisotopic (exact) mass is 401 g/mol. The minimum absolute atomic E-state index is 0.00753. The third-order valence-corrected chi connectivity index (χ3v) is 5.73. The summed E-state index contributed by atoms with van der Waals surface area (Å²) >= 11 is 7.60. The van der Waals surface area contributed by atoms with Crippen LogP contribution in [-0.4, -0.2) is 57.1 Å². The Morgan fingerprint density at radius 1 is 1.22 bits per heavy atom. The highest BCUT2D eigenvalue weighted by atomic mass is 35.5. The Balaban J connectivity index is 1.36. The van der Waals surface area contributed by atoms with Crippen LogP contribution in [0, 0.1) is 6.92 Å². The van der Waals surface area contributed by atoms with Gasteiger partial charge in [-0.3, -0.25) is 14.8 Å². The molecule has 140 valence electrons. The second-order valence-corrected chi connectivity index (χ2v) is 8.10. The number of nitrogens with one attached hydrogen (secondary N) is 1. The van der Waals surface area contributed by atoms with Crippen LogP contribution in [-0.2, 0) is 6.54 Å². The molecule has 0 unspecified atom stereocenters. The van der Waals surface area contributed by atoms with Gasteiger partial charge in [0.05, 0.1) is 16.4 Å². The third kappa shape index (κ3) is 4.21. The smallest absolute Gasteiger partial charge is 0.271 e. The van der Waals surface area contributed by atoms with E-state index in [0.29, 0.717) is 23.8 Å². The number of carbonyl (C=O) groups is 1. The summed E-state index contributed by atoms with van der Waals surface area (Å²) in [4.78, 5) is 21.5. The van der Waals surface area contributed by atoms with E-state index >= 15 is 0 Å². The minimum atomic E-state index is -0.00753. The molecule has 0 radical (unpaired) electrons. The number of aryl methyl sites for hydroxylation is 1. The zero-order valence-corrected chi connectivity index (χ0v) is 16.6. The first kappa shape index (κ1) is 18.2. The van der Waals surface area contributed by atoms with Gasteiger partial charge in [0, 0.05) is 48.7 Å². The molecule has 1 aliphatic rings. The number of carbonyl (C=O) groups excluding carboxylic acids is 1. The summed E-state index contributed by atoms with van der Waals surface area (Å²) in [5.74, 6) is -0.00753. The fraction of sp³-hybridized carbons (Fsp3) is 0.316. The summed E-state index contributed by atoms with van der Waals surface area (Å²) < 4.78 is 0. The molecule has 27 heavy (non-hydrogen) atoms. The van der Waals surface area contributed by atoms with Crippen LogP contribution < -0.4 is 0 Å². The molecule has 3 aromatic rings. The Morgan fingerprint density at radius 3 is 2.63 bits per heavy atom. The van der Waals surface area contributed by atoms with Crippen molar-refractivity contribution < 1.29 is 4.79 Å². The van der Waals surface area contributed by atoms with Crippen LogP contribution in [0.15, 0.2) is 35.7 Å². The summed E-state index contributed by atoms with van der Waals surface area (Å²) in [5, 5.41) is 11.0. The van der Waals surface area contributed by atoms with Crippen LogP contribution in [0.1, 0.15) is 21.2 Å². The van der Waals surface area contributed by atoms with Crippen LogP contribution in [0.25, 0.3) is 11.3 Å². The topological polar surface area (TPSA) is 65.1 Å². The van der Waals surface area contributed by atoms with Crippen LogP contribution >= 0.6 is 22.9 Å². The molecule has 8 heteroatoms. The molecule has 2 aromatic heterocycles. The fourth-order valence-corrected chi connectivity index (χ4v) is 3.92. The van der Waals surface area contributed by atoms with E-state index in [4.69, 9.17) is 11.6 Å². The highest BCUT2D eigenvalue weighted by Crippen LogP contribution is 2.21. The van der Waals surface area contributed by atoms with Crippen LogP contribution in [0.4, 0.5) is 0 Å². The molecule has 1 saturated heterocycles. The molecule has 1 aliphatic heterocycles. The Kier molecular flexibility index (Phi) is 5.24. The van der Waals surface area contributed by atoms with Gasteiger partial charge in [0.1, 0.15) is 5.69 Å². The lowest BCUT2D eigenvalue weighted by Crippen LogP contribution is -2.48. The molecular weight excluding hydrogens is 382 g/mol. The lowest BCUT2D eigenvalue weighted by Gasteiger charge is -2.34. The predicted molar refractivity (Wildman–Crippen MR) is 107 cm³/mol. The Hall–Kier alpha value is -2.22. The molecule has 0 aliphatic carbocycles. The van der Waals surface area contributed by atoms with Crippen LogP contribution in [0.5, 0.6) is 0 Å². The Bertz CT molecular complexity index is 928. The van der Waals surface area contributed by atoms with E-state index in [1.807, 2.05) is 36.1 Å². The minimum Gasteiger partial charge on any atom is -0.335 e. The molecule has 4 rings (SSSR count). The zero-order valence-electron chi connectivity index (χ0n) is 15.0. The molecule has 0 saturated carbocycles. The molecule has 1 N–H and O–H groups in total. The summed E-state index contributed by atoms with van der Waals surface area (Å²) in [5.41, 5.74) is 3.30. The molecule has 1 fully saturated rings. The Labute approximate surface area is 166 Å². The lowest BCUT2D eigenvalue weighted by molar-refractivity contribution is 0.0621. The van der Waals surface area contributed by atoms with Gasteiger partial charge in [0.2, 0.25) is 0 Å². The first-order valence-corrected chi connectivity index (χ1v) is 10.1. The van der Waals surface area contributed by atoms with Crippen molar-refractivity contribution in [2.45, 2.75) is 13.5 Å². The zero-order chi connectivity index (χ0) is 18.8. The largest absolute Gasteiger partial charge is 0.335 e. The van der Waals surface area contributed by atoms with Crippen molar-refractivity contribution in [2.75, 3.05) is 26.2 Å². The van der Waals surface area contributed by atoms with Gasteiger partial charge >= 0.3 is 0 Å². The highest BCUT2D eigenvalue weighted by molar-refractivity contribution is 7.09. The first-order valence-electron chi connectivity index (χ1n) is 8.82. The van der Waals surface area contributed by atoms with Gasteiger partial charge in [0.15, 0.2) is 0 Å². The number of hydrogen-bond donors (Lipinski definition) is 1. The van der Waals surface area contributed by atoms with Crippen molar-refractivity contribution in [3.63, 3.8) is 0 Å². The SMILES string of the molecule is Cc1nc(CN2CCN(C(=O)c3cc(-c4ccc(Cl)cc4)n[nH]3)CC2)cs1. The summed E-state index contributed by atoms with van der Waals surface area (Å²) in [6.45, 7) is 5.97. The van der Waals surface area contributed by atoms with Crippen molar-refractivity contribution in [1.82, 2.24) is 25.0 Å². The molecule has 0 bridgehead atoms. The number of amides is 1. The van der Waals surface area contributed by atoms with Gasteiger partial charge in [-0.25, -0.2) is 4.98 Å². The van der Waals surface area contributed by atoms with Gasteiger partial charge in [-0.2, -0.15) is 5.10 Å². The van der Waals surface area contributed by atoms with Gasteiger partial charge in [-0.05, 0) is 25.1 Å². The molecular formula is C19H20ClN5OS. The number of piperazine rings is 1. The number of halogens is 1. The predicted octanol–water partition coefficient (Wildman–Crippen LogP) is 3.45. The second-order valence-electron chi connectivity index (χ2n) is 6.60. The molecule has 1 amide bonds. The maximum absolute atomic E-state index is 12.8. The van der Waals surface area contributed by atoms with E-state index in [2.05, 4.69) is 25.5 Å². The van der Waals surface area contributed by atoms with Gasteiger partial charge < -0.3 is 4.90 Å². The molecule has 6 nitrogen and oxygen atoms in total. The van der Waals surface area contributed by atoms with E-state index in [-0.39, 0.29) is 5.91 Å². The molecule has 0 spiro atoms.